The molecule has 0 saturated heterocycles. The molecule has 154 valence electrons. The summed E-state index contributed by atoms with van der Waals surface area (Å²) in [5.41, 5.74) is 3.73. The second kappa shape index (κ2) is 9.22. The molecule has 0 unspecified atom stereocenters. The van der Waals surface area contributed by atoms with E-state index in [0.29, 0.717) is 11.3 Å². The predicted octanol–water partition coefficient (Wildman–Crippen LogP) is 3.86. The Balaban J connectivity index is 1.65. The fourth-order valence-electron chi connectivity index (χ4n) is 3.17. The first-order chi connectivity index (χ1) is 14.4. The number of ketones is 1. The van der Waals surface area contributed by atoms with Crippen molar-refractivity contribution < 1.29 is 19.1 Å². The number of amides is 1. The number of nitrogens with one attached hydrogen (secondary N) is 1. The van der Waals surface area contributed by atoms with Gasteiger partial charge in [0.25, 0.3) is 0 Å². The van der Waals surface area contributed by atoms with Gasteiger partial charge in [-0.05, 0) is 37.6 Å². The zero-order valence-electron chi connectivity index (χ0n) is 17.3. The topological polar surface area (TPSA) is 77.4 Å². The van der Waals surface area contributed by atoms with E-state index in [1.54, 1.807) is 30.3 Å². The average molecular weight is 404 g/mol. The molecular formula is C24H24N2O4. The van der Waals surface area contributed by atoms with Gasteiger partial charge in [-0.1, -0.05) is 42.5 Å². The Bertz CT molecular complexity index is 1080. The van der Waals surface area contributed by atoms with Gasteiger partial charge < -0.3 is 14.6 Å². The average Bonchev–Trinajstić information content (AvgIpc) is 3.00. The lowest BCUT2D eigenvalue weighted by molar-refractivity contribution is -0.115. The number of hydrogen-bond donors (Lipinski definition) is 1. The van der Waals surface area contributed by atoms with Gasteiger partial charge in [0.15, 0.2) is 6.61 Å². The zero-order chi connectivity index (χ0) is 21.7. The first-order valence-electron chi connectivity index (χ1n) is 9.63. The van der Waals surface area contributed by atoms with Crippen molar-refractivity contribution in [1.29, 1.82) is 0 Å². The minimum atomic E-state index is -0.663. The van der Waals surface area contributed by atoms with Crippen molar-refractivity contribution in [1.82, 2.24) is 4.57 Å². The van der Waals surface area contributed by atoms with Crippen LogP contribution in [-0.2, 0) is 23.0 Å². The van der Waals surface area contributed by atoms with Crippen LogP contribution in [0.1, 0.15) is 37.7 Å². The number of aryl methyl sites for hydroxylation is 1. The molecule has 3 rings (SSSR count). The van der Waals surface area contributed by atoms with Crippen molar-refractivity contribution in [2.24, 2.45) is 7.05 Å². The van der Waals surface area contributed by atoms with Gasteiger partial charge in [-0.15, -0.1) is 0 Å². The summed E-state index contributed by atoms with van der Waals surface area (Å²) < 4.78 is 7.15. The van der Waals surface area contributed by atoms with E-state index in [-0.39, 0.29) is 30.3 Å². The number of carbonyl (C=O) groups excluding carboxylic acids is 3. The second-order valence-electron chi connectivity index (χ2n) is 7.10. The number of carbonyl (C=O) groups is 3. The standard InChI is InChI=1S/C24H24N2O4/c1-16-13-20(17(2)26(16)3)22(27)15-30-24(29)19-11-7-8-12-21(19)25-23(28)14-18-9-5-4-6-10-18/h4-13H,14-15H2,1-3H3,(H,25,28). The molecule has 6 heteroatoms. The summed E-state index contributed by atoms with van der Waals surface area (Å²) in [4.78, 5) is 37.4. The molecule has 0 fully saturated rings. The largest absolute Gasteiger partial charge is 0.454 e. The highest BCUT2D eigenvalue weighted by atomic mass is 16.5. The van der Waals surface area contributed by atoms with Gasteiger partial charge in [-0.3, -0.25) is 9.59 Å². The molecule has 0 atom stereocenters. The molecule has 0 aliphatic rings. The van der Waals surface area contributed by atoms with Gasteiger partial charge in [-0.2, -0.15) is 0 Å². The number of ether oxygens (including phenoxy) is 1. The van der Waals surface area contributed by atoms with Crippen LogP contribution < -0.4 is 5.32 Å². The molecule has 30 heavy (non-hydrogen) atoms. The van der Waals surface area contributed by atoms with E-state index in [9.17, 15) is 14.4 Å². The van der Waals surface area contributed by atoms with Crippen LogP contribution in [0, 0.1) is 13.8 Å². The Morgan fingerprint density at radius 3 is 2.27 bits per heavy atom. The Morgan fingerprint density at radius 2 is 1.60 bits per heavy atom. The van der Waals surface area contributed by atoms with Crippen molar-refractivity contribution in [3.63, 3.8) is 0 Å². The van der Waals surface area contributed by atoms with E-state index in [1.165, 1.54) is 0 Å². The number of Topliss-reactive ketones (excluding diaryl/α,β-unsaturated/α-hetero) is 1. The van der Waals surface area contributed by atoms with Gasteiger partial charge in [0.1, 0.15) is 0 Å². The molecular weight excluding hydrogens is 380 g/mol. The summed E-state index contributed by atoms with van der Waals surface area (Å²) in [6.45, 7) is 3.39. The Morgan fingerprint density at radius 1 is 0.933 bits per heavy atom. The fraction of sp³-hybridized carbons (Fsp3) is 0.208. The van der Waals surface area contributed by atoms with Crippen LogP contribution in [0.4, 0.5) is 5.69 Å². The normalized spacial score (nSPS) is 10.5. The third kappa shape index (κ3) is 4.84. The molecule has 0 saturated carbocycles. The maximum absolute atomic E-state index is 12.6. The molecule has 3 aromatic rings. The number of para-hydroxylation sites is 1. The first kappa shape index (κ1) is 21.0. The molecule has 0 spiro atoms. The fourth-order valence-corrected chi connectivity index (χ4v) is 3.17. The molecule has 0 radical (unpaired) electrons. The van der Waals surface area contributed by atoms with Crippen LogP contribution in [0.25, 0.3) is 0 Å². The van der Waals surface area contributed by atoms with Crippen molar-refractivity contribution in [2.45, 2.75) is 20.3 Å². The molecule has 0 aliphatic heterocycles. The quantitative estimate of drug-likeness (QED) is 0.479. The zero-order valence-corrected chi connectivity index (χ0v) is 17.3. The minimum Gasteiger partial charge on any atom is -0.454 e. The van der Waals surface area contributed by atoms with Gasteiger partial charge in [0, 0.05) is 24.0 Å². The second-order valence-corrected chi connectivity index (χ2v) is 7.10. The SMILES string of the molecule is Cc1cc(C(=O)COC(=O)c2ccccc2NC(=O)Cc2ccccc2)c(C)n1C. The number of benzene rings is 2. The summed E-state index contributed by atoms with van der Waals surface area (Å²) in [6, 6.07) is 17.7. The summed E-state index contributed by atoms with van der Waals surface area (Å²) in [5.74, 6) is -1.17. The first-order valence-corrected chi connectivity index (χ1v) is 9.63. The Hall–Kier alpha value is -3.67. The third-order valence-electron chi connectivity index (χ3n) is 5.04. The van der Waals surface area contributed by atoms with E-state index in [0.717, 1.165) is 17.0 Å². The Kier molecular flexibility index (Phi) is 6.47. The smallest absolute Gasteiger partial charge is 0.340 e. The maximum atomic E-state index is 12.6. The highest BCUT2D eigenvalue weighted by Gasteiger charge is 2.19. The molecule has 1 heterocycles. The molecule has 6 nitrogen and oxygen atoms in total. The summed E-state index contributed by atoms with van der Waals surface area (Å²) >= 11 is 0. The van der Waals surface area contributed by atoms with Gasteiger partial charge >= 0.3 is 5.97 Å². The molecule has 0 aliphatic carbocycles. The number of anilines is 1. The predicted molar refractivity (Wildman–Crippen MR) is 115 cm³/mol. The van der Waals surface area contributed by atoms with Crippen LogP contribution in [0.2, 0.25) is 0 Å². The summed E-state index contributed by atoms with van der Waals surface area (Å²) in [5, 5.41) is 2.75. The lowest BCUT2D eigenvalue weighted by atomic mass is 10.1. The highest BCUT2D eigenvalue weighted by Crippen LogP contribution is 2.18. The lowest BCUT2D eigenvalue weighted by Crippen LogP contribution is -2.19. The van der Waals surface area contributed by atoms with E-state index in [2.05, 4.69) is 5.32 Å². The molecule has 1 aromatic heterocycles. The van der Waals surface area contributed by atoms with Crippen molar-refractivity contribution in [3.8, 4) is 0 Å². The third-order valence-corrected chi connectivity index (χ3v) is 5.04. The molecule has 0 bridgehead atoms. The van der Waals surface area contributed by atoms with E-state index < -0.39 is 5.97 Å². The summed E-state index contributed by atoms with van der Waals surface area (Å²) in [6.07, 6.45) is 0.190. The number of nitrogens with zero attached hydrogens (tertiary/aromatic N) is 1. The molecule has 2 aromatic carbocycles. The number of hydrogen-bond acceptors (Lipinski definition) is 4. The van der Waals surface area contributed by atoms with Gasteiger partial charge in [-0.25, -0.2) is 4.79 Å². The van der Waals surface area contributed by atoms with Gasteiger partial charge in [0.05, 0.1) is 17.7 Å². The van der Waals surface area contributed by atoms with E-state index >= 15 is 0 Å². The highest BCUT2D eigenvalue weighted by molar-refractivity contribution is 6.04. The van der Waals surface area contributed by atoms with Crippen LogP contribution >= 0.6 is 0 Å². The van der Waals surface area contributed by atoms with Crippen LogP contribution in [-0.4, -0.2) is 28.8 Å². The number of esters is 1. The van der Waals surface area contributed by atoms with Crippen molar-refractivity contribution >= 4 is 23.3 Å². The van der Waals surface area contributed by atoms with Gasteiger partial charge in [0.2, 0.25) is 11.7 Å². The monoisotopic (exact) mass is 404 g/mol. The summed E-state index contributed by atoms with van der Waals surface area (Å²) in [7, 11) is 1.88. The maximum Gasteiger partial charge on any atom is 0.340 e. The number of aromatic nitrogens is 1. The molecule has 1 amide bonds. The molecule has 1 N–H and O–H groups in total. The lowest BCUT2D eigenvalue weighted by Gasteiger charge is -2.11. The van der Waals surface area contributed by atoms with Crippen LogP contribution in [0.15, 0.2) is 60.7 Å². The van der Waals surface area contributed by atoms with Crippen LogP contribution in [0.3, 0.4) is 0 Å². The van der Waals surface area contributed by atoms with Crippen molar-refractivity contribution in [3.05, 3.63) is 88.7 Å². The van der Waals surface area contributed by atoms with Crippen molar-refractivity contribution in [2.75, 3.05) is 11.9 Å². The van der Waals surface area contributed by atoms with E-state index in [4.69, 9.17) is 4.74 Å². The minimum absolute atomic E-state index is 0.190. The van der Waals surface area contributed by atoms with E-state index in [1.807, 2.05) is 55.8 Å². The number of rotatable bonds is 7. The Labute approximate surface area is 175 Å². The van der Waals surface area contributed by atoms with Crippen LogP contribution in [0.5, 0.6) is 0 Å².